The number of hydrogen-bond acceptors (Lipinski definition) is 3. The first-order valence-electron chi connectivity index (χ1n) is 4.82. The van der Waals surface area contributed by atoms with Crippen LogP contribution in [0.4, 0.5) is 0 Å². The van der Waals surface area contributed by atoms with Gasteiger partial charge in [0.2, 0.25) is 0 Å². The van der Waals surface area contributed by atoms with E-state index in [1.807, 2.05) is 12.1 Å². The number of hydrogen-bond donors (Lipinski definition) is 2. The van der Waals surface area contributed by atoms with Crippen LogP contribution in [0.1, 0.15) is 18.2 Å². The van der Waals surface area contributed by atoms with Crippen LogP contribution in [0, 0.1) is 5.92 Å². The van der Waals surface area contributed by atoms with Gasteiger partial charge in [-0.3, -0.25) is 0 Å². The van der Waals surface area contributed by atoms with Crippen LogP contribution < -0.4 is 5.32 Å². The van der Waals surface area contributed by atoms with Crippen molar-refractivity contribution in [2.75, 3.05) is 13.2 Å². The van der Waals surface area contributed by atoms with E-state index in [1.165, 1.54) is 4.88 Å². The average Bonchev–Trinajstić information content (AvgIpc) is 2.59. The first-order valence-corrected chi connectivity index (χ1v) is 6.01. The lowest BCUT2D eigenvalue weighted by Crippen LogP contribution is -2.23. The molecule has 1 heterocycles. The van der Waals surface area contributed by atoms with E-state index in [0.717, 1.165) is 23.8 Å². The van der Waals surface area contributed by atoms with E-state index in [4.69, 9.17) is 16.7 Å². The van der Waals surface area contributed by atoms with Gasteiger partial charge in [0, 0.05) is 24.6 Å². The van der Waals surface area contributed by atoms with E-state index in [2.05, 4.69) is 12.2 Å². The van der Waals surface area contributed by atoms with Crippen molar-refractivity contribution in [3.63, 3.8) is 0 Å². The molecule has 0 saturated carbocycles. The third kappa shape index (κ3) is 3.96. The maximum absolute atomic E-state index is 8.97. The predicted molar refractivity (Wildman–Crippen MR) is 61.9 cm³/mol. The lowest BCUT2D eigenvalue weighted by atomic mass is 10.1. The molecule has 0 fully saturated rings. The Labute approximate surface area is 93.9 Å². The van der Waals surface area contributed by atoms with Gasteiger partial charge in [0.15, 0.2) is 0 Å². The van der Waals surface area contributed by atoms with Crippen molar-refractivity contribution in [2.45, 2.75) is 19.9 Å². The van der Waals surface area contributed by atoms with Crippen molar-refractivity contribution in [3.05, 3.63) is 21.3 Å². The molecule has 1 unspecified atom stereocenters. The fraction of sp³-hybridized carbons (Fsp3) is 0.600. The van der Waals surface area contributed by atoms with Crippen LogP contribution in [-0.2, 0) is 6.54 Å². The Kier molecular flexibility index (Phi) is 5.48. The van der Waals surface area contributed by atoms with Crippen molar-refractivity contribution in [1.29, 1.82) is 0 Å². The van der Waals surface area contributed by atoms with Gasteiger partial charge >= 0.3 is 0 Å². The van der Waals surface area contributed by atoms with E-state index in [0.29, 0.717) is 5.92 Å². The van der Waals surface area contributed by atoms with Crippen LogP contribution in [-0.4, -0.2) is 18.3 Å². The second-order valence-electron chi connectivity index (χ2n) is 3.29. The van der Waals surface area contributed by atoms with E-state index in [1.54, 1.807) is 11.3 Å². The highest BCUT2D eigenvalue weighted by Crippen LogP contribution is 2.20. The van der Waals surface area contributed by atoms with Crippen LogP contribution in [0.25, 0.3) is 0 Å². The van der Waals surface area contributed by atoms with Crippen LogP contribution >= 0.6 is 22.9 Å². The fourth-order valence-corrected chi connectivity index (χ4v) is 2.24. The first-order chi connectivity index (χ1) is 6.76. The topological polar surface area (TPSA) is 32.3 Å². The lowest BCUT2D eigenvalue weighted by Gasteiger charge is -2.11. The molecule has 14 heavy (non-hydrogen) atoms. The Balaban J connectivity index is 2.21. The predicted octanol–water partition coefficient (Wildman–Crippen LogP) is 2.51. The highest BCUT2D eigenvalue weighted by Gasteiger charge is 2.04. The van der Waals surface area contributed by atoms with Gasteiger partial charge in [-0.15, -0.1) is 11.3 Å². The van der Waals surface area contributed by atoms with Gasteiger partial charge in [-0.05, 0) is 24.5 Å². The molecule has 2 N–H and O–H groups in total. The van der Waals surface area contributed by atoms with Crippen molar-refractivity contribution >= 4 is 22.9 Å². The summed E-state index contributed by atoms with van der Waals surface area (Å²) in [6, 6.07) is 3.94. The summed E-state index contributed by atoms with van der Waals surface area (Å²) < 4.78 is 0.830. The van der Waals surface area contributed by atoms with E-state index < -0.39 is 0 Å². The molecule has 1 aromatic heterocycles. The van der Waals surface area contributed by atoms with Gasteiger partial charge in [-0.2, -0.15) is 0 Å². The highest BCUT2D eigenvalue weighted by atomic mass is 35.5. The summed E-state index contributed by atoms with van der Waals surface area (Å²) in [6.07, 6.45) is 1.01. The molecule has 1 atom stereocenters. The zero-order valence-corrected chi connectivity index (χ0v) is 9.87. The second kappa shape index (κ2) is 6.40. The van der Waals surface area contributed by atoms with Crippen molar-refractivity contribution in [3.8, 4) is 0 Å². The van der Waals surface area contributed by atoms with Gasteiger partial charge < -0.3 is 10.4 Å². The Morgan fingerprint density at radius 3 is 2.86 bits per heavy atom. The smallest absolute Gasteiger partial charge is 0.0931 e. The quantitative estimate of drug-likeness (QED) is 0.792. The van der Waals surface area contributed by atoms with Crippen LogP contribution in [0.2, 0.25) is 4.34 Å². The first kappa shape index (κ1) is 12.0. The molecule has 1 aromatic rings. The number of aliphatic hydroxyl groups is 1. The Morgan fingerprint density at radius 2 is 2.36 bits per heavy atom. The van der Waals surface area contributed by atoms with Gasteiger partial charge in [-0.1, -0.05) is 18.5 Å². The third-order valence-electron chi connectivity index (χ3n) is 2.20. The van der Waals surface area contributed by atoms with Gasteiger partial charge in [-0.25, -0.2) is 0 Å². The summed E-state index contributed by atoms with van der Waals surface area (Å²) >= 11 is 7.40. The summed E-state index contributed by atoms with van der Waals surface area (Å²) in [4.78, 5) is 1.24. The molecule has 2 nitrogen and oxygen atoms in total. The molecule has 0 aliphatic heterocycles. The monoisotopic (exact) mass is 233 g/mol. The van der Waals surface area contributed by atoms with Crippen molar-refractivity contribution in [2.24, 2.45) is 5.92 Å². The molecule has 0 aromatic carbocycles. The second-order valence-corrected chi connectivity index (χ2v) is 5.09. The summed E-state index contributed by atoms with van der Waals surface area (Å²) in [7, 11) is 0. The van der Waals surface area contributed by atoms with Crippen LogP contribution in [0.5, 0.6) is 0 Å². The number of rotatable bonds is 6. The minimum absolute atomic E-state index is 0.259. The van der Waals surface area contributed by atoms with Gasteiger partial charge in [0.1, 0.15) is 0 Å². The fourth-order valence-electron chi connectivity index (χ4n) is 1.18. The van der Waals surface area contributed by atoms with E-state index in [-0.39, 0.29) is 6.61 Å². The summed E-state index contributed by atoms with van der Waals surface area (Å²) in [5.41, 5.74) is 0. The Bertz CT molecular complexity index is 260. The molecule has 4 heteroatoms. The Morgan fingerprint density at radius 1 is 1.57 bits per heavy atom. The van der Waals surface area contributed by atoms with Crippen LogP contribution in [0.3, 0.4) is 0 Å². The molecule has 0 radical (unpaired) electrons. The largest absolute Gasteiger partial charge is 0.396 e. The maximum Gasteiger partial charge on any atom is 0.0931 e. The summed E-state index contributed by atoms with van der Waals surface area (Å²) in [5, 5.41) is 12.3. The molecule has 0 bridgehead atoms. The molecular formula is C10H16ClNOS. The van der Waals surface area contributed by atoms with Crippen LogP contribution in [0.15, 0.2) is 12.1 Å². The van der Waals surface area contributed by atoms with Gasteiger partial charge in [0.25, 0.3) is 0 Å². The van der Waals surface area contributed by atoms with E-state index in [9.17, 15) is 0 Å². The standard InChI is InChI=1S/C10H16ClNOS/c1-2-8(7-13)5-12-6-9-3-4-10(11)14-9/h3-4,8,12-13H,2,5-7H2,1H3. The normalized spacial score (nSPS) is 13.1. The SMILES string of the molecule is CCC(CO)CNCc1ccc(Cl)s1. The molecule has 0 aliphatic carbocycles. The zero-order valence-electron chi connectivity index (χ0n) is 8.29. The number of nitrogens with one attached hydrogen (secondary N) is 1. The summed E-state index contributed by atoms with van der Waals surface area (Å²) in [6.45, 7) is 4.05. The molecule has 0 amide bonds. The maximum atomic E-state index is 8.97. The van der Waals surface area contributed by atoms with Crippen molar-refractivity contribution < 1.29 is 5.11 Å². The highest BCUT2D eigenvalue weighted by molar-refractivity contribution is 7.16. The molecule has 1 rings (SSSR count). The van der Waals surface area contributed by atoms with E-state index >= 15 is 0 Å². The lowest BCUT2D eigenvalue weighted by molar-refractivity contribution is 0.219. The number of thiophene rings is 1. The summed E-state index contributed by atoms with van der Waals surface area (Å²) in [5.74, 6) is 0.366. The van der Waals surface area contributed by atoms with Gasteiger partial charge in [0.05, 0.1) is 4.34 Å². The zero-order chi connectivity index (χ0) is 10.4. The molecule has 80 valence electrons. The minimum atomic E-state index is 0.259. The minimum Gasteiger partial charge on any atom is -0.396 e. The third-order valence-corrected chi connectivity index (χ3v) is 3.43. The molecule has 0 aliphatic rings. The van der Waals surface area contributed by atoms with Crippen molar-refractivity contribution in [1.82, 2.24) is 5.32 Å². The molecule has 0 spiro atoms. The molecule has 0 saturated heterocycles. The molecular weight excluding hydrogens is 218 g/mol. The average molecular weight is 234 g/mol. The Hall–Kier alpha value is -0.0900. The number of halogens is 1. The number of aliphatic hydroxyl groups excluding tert-OH is 1.